The molecule has 7 nitrogen and oxygen atoms in total. The molecule has 0 saturated heterocycles. The summed E-state index contributed by atoms with van der Waals surface area (Å²) in [6, 6.07) is 17.2. The molecule has 7 heteroatoms. The summed E-state index contributed by atoms with van der Waals surface area (Å²) in [5.74, 6) is 0.203. The number of primary amides is 1. The van der Waals surface area contributed by atoms with Gasteiger partial charge in [0.05, 0.1) is 18.2 Å². The molecule has 0 fully saturated rings. The number of rotatable bonds is 8. The highest BCUT2D eigenvalue weighted by atomic mass is 16.5. The average molecular weight is 445 g/mol. The van der Waals surface area contributed by atoms with Crippen molar-refractivity contribution < 1.29 is 14.3 Å². The number of methoxy groups -OCH3 is 1. The van der Waals surface area contributed by atoms with E-state index in [2.05, 4.69) is 15.2 Å². The number of carbonyl (C=O) groups is 2. The van der Waals surface area contributed by atoms with Crippen molar-refractivity contribution in [3.05, 3.63) is 60.2 Å². The van der Waals surface area contributed by atoms with E-state index < -0.39 is 5.91 Å². The Bertz CT molecular complexity index is 1340. The Hall–Kier alpha value is -3.84. The Morgan fingerprint density at radius 1 is 1.03 bits per heavy atom. The van der Waals surface area contributed by atoms with E-state index in [4.69, 9.17) is 10.5 Å². The number of nitrogens with one attached hydrogen (secondary N) is 2. The van der Waals surface area contributed by atoms with Crippen molar-refractivity contribution >= 4 is 39.3 Å². The summed E-state index contributed by atoms with van der Waals surface area (Å²) < 4.78 is 5.34. The SMILES string of the molecule is COc1cccc(-c2cc(C(N)=O)c3[nH]c4cc(NC(=O)CCCN(C)C)ccc4c3c2)c1. The van der Waals surface area contributed by atoms with E-state index in [0.29, 0.717) is 23.2 Å². The molecule has 1 heterocycles. The molecule has 0 atom stereocenters. The van der Waals surface area contributed by atoms with E-state index in [1.807, 2.05) is 62.6 Å². The first kappa shape index (κ1) is 22.4. The summed E-state index contributed by atoms with van der Waals surface area (Å²) in [7, 11) is 5.60. The van der Waals surface area contributed by atoms with Crippen LogP contribution in [-0.2, 0) is 4.79 Å². The number of amides is 2. The largest absolute Gasteiger partial charge is 0.497 e. The first-order chi connectivity index (χ1) is 15.9. The molecule has 0 radical (unpaired) electrons. The number of carbonyl (C=O) groups excluding carboxylic acids is 2. The molecular formula is C26H28N4O3. The number of anilines is 1. The molecule has 33 heavy (non-hydrogen) atoms. The van der Waals surface area contributed by atoms with Gasteiger partial charge in [-0.25, -0.2) is 0 Å². The summed E-state index contributed by atoms with van der Waals surface area (Å²) in [6.45, 7) is 0.861. The number of nitrogens with zero attached hydrogens (tertiary/aromatic N) is 1. The molecule has 1 aromatic heterocycles. The average Bonchev–Trinajstić information content (AvgIpc) is 3.15. The van der Waals surface area contributed by atoms with Crippen molar-refractivity contribution in [2.75, 3.05) is 33.1 Å². The Morgan fingerprint density at radius 2 is 1.85 bits per heavy atom. The number of ether oxygens (including phenoxy) is 1. The minimum Gasteiger partial charge on any atom is -0.497 e. The summed E-state index contributed by atoms with van der Waals surface area (Å²) in [4.78, 5) is 29.9. The molecule has 4 rings (SSSR count). The molecule has 0 unspecified atom stereocenters. The molecule has 0 bridgehead atoms. The first-order valence-electron chi connectivity index (χ1n) is 10.8. The van der Waals surface area contributed by atoms with Gasteiger partial charge in [-0.15, -0.1) is 0 Å². The Kier molecular flexibility index (Phi) is 6.33. The molecule has 0 aliphatic rings. The normalized spacial score (nSPS) is 11.3. The van der Waals surface area contributed by atoms with Gasteiger partial charge in [0.2, 0.25) is 5.91 Å². The summed E-state index contributed by atoms with van der Waals surface area (Å²) in [5.41, 5.74) is 10.1. The van der Waals surface area contributed by atoms with Gasteiger partial charge in [-0.05, 0) is 74.6 Å². The van der Waals surface area contributed by atoms with E-state index in [9.17, 15) is 9.59 Å². The van der Waals surface area contributed by atoms with Crippen molar-refractivity contribution in [1.29, 1.82) is 0 Å². The lowest BCUT2D eigenvalue weighted by Crippen LogP contribution is -2.17. The van der Waals surface area contributed by atoms with E-state index in [-0.39, 0.29) is 5.91 Å². The number of fused-ring (bicyclic) bond motifs is 3. The highest BCUT2D eigenvalue weighted by molar-refractivity contribution is 6.16. The van der Waals surface area contributed by atoms with Crippen molar-refractivity contribution in [2.45, 2.75) is 12.8 Å². The monoisotopic (exact) mass is 444 g/mol. The van der Waals surface area contributed by atoms with Gasteiger partial charge in [0.15, 0.2) is 0 Å². The van der Waals surface area contributed by atoms with Gasteiger partial charge in [0.25, 0.3) is 5.91 Å². The van der Waals surface area contributed by atoms with Crippen LogP contribution in [0.2, 0.25) is 0 Å². The Labute approximate surface area is 192 Å². The Morgan fingerprint density at radius 3 is 2.58 bits per heavy atom. The molecule has 2 amide bonds. The minimum atomic E-state index is -0.509. The van der Waals surface area contributed by atoms with Crippen LogP contribution in [0.25, 0.3) is 32.9 Å². The molecule has 0 spiro atoms. The number of aromatic nitrogens is 1. The third-order valence-corrected chi connectivity index (χ3v) is 5.67. The number of hydrogen-bond acceptors (Lipinski definition) is 4. The molecule has 0 saturated carbocycles. The first-order valence-corrected chi connectivity index (χ1v) is 10.8. The third-order valence-electron chi connectivity index (χ3n) is 5.67. The highest BCUT2D eigenvalue weighted by Gasteiger charge is 2.16. The van der Waals surface area contributed by atoms with Crippen LogP contribution in [0.4, 0.5) is 5.69 Å². The van der Waals surface area contributed by atoms with Crippen LogP contribution in [0.5, 0.6) is 5.75 Å². The van der Waals surface area contributed by atoms with Crippen molar-refractivity contribution in [3.8, 4) is 16.9 Å². The molecule has 3 aromatic carbocycles. The van der Waals surface area contributed by atoms with Gasteiger partial charge in [0.1, 0.15) is 5.75 Å². The molecule has 4 N–H and O–H groups in total. The van der Waals surface area contributed by atoms with Gasteiger partial charge < -0.3 is 25.7 Å². The second-order valence-corrected chi connectivity index (χ2v) is 8.38. The minimum absolute atomic E-state index is 0.0227. The maximum absolute atomic E-state index is 12.3. The van der Waals surface area contributed by atoms with E-state index in [1.165, 1.54) is 0 Å². The second kappa shape index (κ2) is 9.34. The zero-order chi connectivity index (χ0) is 23.5. The van der Waals surface area contributed by atoms with Gasteiger partial charge in [-0.2, -0.15) is 0 Å². The van der Waals surface area contributed by atoms with Gasteiger partial charge in [0, 0.05) is 28.4 Å². The summed E-state index contributed by atoms with van der Waals surface area (Å²) in [6.07, 6.45) is 1.25. The molecular weight excluding hydrogens is 416 g/mol. The van der Waals surface area contributed by atoms with Crippen molar-refractivity contribution in [3.63, 3.8) is 0 Å². The standard InChI is InChI=1S/C26H28N4O3/c1-30(2)11-5-8-24(31)28-18-9-10-20-21-13-17(16-6-4-7-19(12-16)33-3)14-22(26(27)32)25(21)29-23(20)15-18/h4,6-7,9-10,12-15,29H,5,8,11H2,1-3H3,(H2,27,32)(H,28,31). The van der Waals surface area contributed by atoms with E-state index in [0.717, 1.165) is 46.1 Å². The Balaban J connectivity index is 1.72. The van der Waals surface area contributed by atoms with Crippen molar-refractivity contribution in [2.24, 2.45) is 5.73 Å². The summed E-state index contributed by atoms with van der Waals surface area (Å²) in [5, 5.41) is 4.80. The van der Waals surface area contributed by atoms with E-state index >= 15 is 0 Å². The number of H-pyrrole nitrogens is 1. The zero-order valence-electron chi connectivity index (χ0n) is 19.1. The van der Waals surface area contributed by atoms with Crippen LogP contribution < -0.4 is 15.8 Å². The smallest absolute Gasteiger partial charge is 0.250 e. The van der Waals surface area contributed by atoms with Crippen molar-refractivity contribution in [1.82, 2.24) is 9.88 Å². The predicted molar refractivity (Wildman–Crippen MR) is 133 cm³/mol. The zero-order valence-corrected chi connectivity index (χ0v) is 19.1. The van der Waals surface area contributed by atoms with Crippen LogP contribution in [0, 0.1) is 0 Å². The van der Waals surface area contributed by atoms with Crippen LogP contribution in [0.15, 0.2) is 54.6 Å². The van der Waals surface area contributed by atoms with Crippen LogP contribution in [0.1, 0.15) is 23.2 Å². The number of hydrogen-bond donors (Lipinski definition) is 3. The van der Waals surface area contributed by atoms with Crippen LogP contribution in [0.3, 0.4) is 0 Å². The van der Waals surface area contributed by atoms with E-state index in [1.54, 1.807) is 13.2 Å². The van der Waals surface area contributed by atoms with Crippen LogP contribution in [-0.4, -0.2) is 49.4 Å². The fourth-order valence-electron chi connectivity index (χ4n) is 4.03. The van der Waals surface area contributed by atoms with Crippen LogP contribution >= 0.6 is 0 Å². The summed E-state index contributed by atoms with van der Waals surface area (Å²) >= 11 is 0. The lowest BCUT2D eigenvalue weighted by Gasteiger charge is -2.09. The molecule has 4 aromatic rings. The third kappa shape index (κ3) is 4.83. The maximum Gasteiger partial charge on any atom is 0.250 e. The van der Waals surface area contributed by atoms with Gasteiger partial charge >= 0.3 is 0 Å². The second-order valence-electron chi connectivity index (χ2n) is 8.38. The number of benzene rings is 3. The predicted octanol–water partition coefficient (Wildman–Crippen LogP) is 4.38. The molecule has 0 aliphatic carbocycles. The fraction of sp³-hybridized carbons (Fsp3) is 0.231. The van der Waals surface area contributed by atoms with Gasteiger partial charge in [-0.1, -0.05) is 18.2 Å². The topological polar surface area (TPSA) is 100 Å². The fourth-order valence-corrected chi connectivity index (χ4v) is 4.03. The quantitative estimate of drug-likeness (QED) is 0.376. The maximum atomic E-state index is 12.3. The van der Waals surface area contributed by atoms with Gasteiger partial charge in [-0.3, -0.25) is 9.59 Å². The number of aromatic amines is 1. The molecule has 170 valence electrons. The number of nitrogens with two attached hydrogens (primary N) is 1. The molecule has 0 aliphatic heterocycles. The highest BCUT2D eigenvalue weighted by Crippen LogP contribution is 2.34. The lowest BCUT2D eigenvalue weighted by atomic mass is 9.98. The lowest BCUT2D eigenvalue weighted by molar-refractivity contribution is -0.116.